The molecule has 70 valence electrons. The zero-order valence-corrected chi connectivity index (χ0v) is 10.3. The summed E-state index contributed by atoms with van der Waals surface area (Å²) in [5, 5.41) is 1.10. The molecule has 0 aliphatic carbocycles. The zero-order chi connectivity index (χ0) is 8.55. The predicted molar refractivity (Wildman–Crippen MR) is 59.2 cm³/mol. The molecule has 0 spiro atoms. The summed E-state index contributed by atoms with van der Waals surface area (Å²) in [4.78, 5) is 3.30. The number of halogens is 2. The van der Waals surface area contributed by atoms with Crippen LogP contribution in [0.1, 0.15) is 12.8 Å². The smallest absolute Gasteiger partial charge is 0.0285 e. The van der Waals surface area contributed by atoms with Crippen molar-refractivity contribution in [2.75, 3.05) is 25.0 Å². The first-order valence-corrected chi connectivity index (χ1v) is 6.77. The summed E-state index contributed by atoms with van der Waals surface area (Å²) in [5.41, 5.74) is 0. The van der Waals surface area contributed by atoms with E-state index in [1.807, 2.05) is 0 Å². The van der Waals surface area contributed by atoms with E-state index in [-0.39, 0.29) is 0 Å². The van der Waals surface area contributed by atoms with Crippen molar-refractivity contribution in [2.24, 2.45) is 11.8 Å². The fourth-order valence-electron chi connectivity index (χ4n) is 2.53. The van der Waals surface area contributed by atoms with Crippen LogP contribution in [0.4, 0.5) is 0 Å². The molecule has 0 aromatic heterocycles. The molecule has 0 amide bonds. The normalized spacial score (nSPS) is 43.0. The van der Waals surface area contributed by atoms with Crippen molar-refractivity contribution in [2.45, 2.75) is 17.7 Å². The van der Waals surface area contributed by atoms with Crippen LogP contribution < -0.4 is 0 Å². The third kappa shape index (κ3) is 1.73. The van der Waals surface area contributed by atoms with Gasteiger partial charge in [0, 0.05) is 16.7 Å². The average Bonchev–Trinajstić information content (AvgIpc) is 2.18. The van der Waals surface area contributed by atoms with Crippen LogP contribution in [0.3, 0.4) is 0 Å². The van der Waals surface area contributed by atoms with E-state index in [4.69, 9.17) is 0 Å². The topological polar surface area (TPSA) is 3.24 Å². The lowest BCUT2D eigenvalue weighted by Crippen LogP contribution is -2.50. The van der Waals surface area contributed by atoms with Gasteiger partial charge < -0.3 is 4.90 Å². The quantitative estimate of drug-likeness (QED) is 0.708. The highest BCUT2D eigenvalue weighted by Gasteiger charge is 2.36. The molecule has 2 atom stereocenters. The standard InChI is InChI=1S/C9H15Br2N/c10-5-9(11)8-6-12-3-1-7(8)2-4-12/h7-9H,1-6H2. The van der Waals surface area contributed by atoms with Gasteiger partial charge in [0.2, 0.25) is 0 Å². The van der Waals surface area contributed by atoms with Gasteiger partial charge in [0.1, 0.15) is 0 Å². The number of rotatable bonds is 2. The summed E-state index contributed by atoms with van der Waals surface area (Å²) >= 11 is 7.32. The Balaban J connectivity index is 1.99. The second-order valence-corrected chi connectivity index (χ2v) is 5.80. The van der Waals surface area contributed by atoms with Gasteiger partial charge in [0.15, 0.2) is 0 Å². The van der Waals surface area contributed by atoms with Crippen molar-refractivity contribution < 1.29 is 0 Å². The zero-order valence-electron chi connectivity index (χ0n) is 7.18. The summed E-state index contributed by atoms with van der Waals surface area (Å²) < 4.78 is 0. The summed E-state index contributed by atoms with van der Waals surface area (Å²) in [6.45, 7) is 4.03. The minimum Gasteiger partial charge on any atom is -0.303 e. The van der Waals surface area contributed by atoms with Gasteiger partial charge in [0.05, 0.1) is 0 Å². The fourth-order valence-corrected chi connectivity index (χ4v) is 3.61. The van der Waals surface area contributed by atoms with E-state index < -0.39 is 0 Å². The number of piperidine rings is 3. The number of fused-ring (bicyclic) bond motifs is 3. The highest BCUT2D eigenvalue weighted by molar-refractivity contribution is 9.12. The van der Waals surface area contributed by atoms with Gasteiger partial charge in [-0.15, -0.1) is 0 Å². The molecular weight excluding hydrogens is 282 g/mol. The molecule has 0 aromatic rings. The highest BCUT2D eigenvalue weighted by Crippen LogP contribution is 2.37. The van der Waals surface area contributed by atoms with E-state index in [2.05, 4.69) is 36.8 Å². The molecule has 3 saturated heterocycles. The van der Waals surface area contributed by atoms with Gasteiger partial charge in [-0.2, -0.15) is 0 Å². The Kier molecular flexibility index (Phi) is 3.13. The lowest BCUT2D eigenvalue weighted by atomic mass is 9.78. The van der Waals surface area contributed by atoms with Crippen LogP contribution in [0.25, 0.3) is 0 Å². The molecule has 3 fully saturated rings. The van der Waals surface area contributed by atoms with Gasteiger partial charge in [0.25, 0.3) is 0 Å². The van der Waals surface area contributed by atoms with E-state index in [1.54, 1.807) is 0 Å². The highest BCUT2D eigenvalue weighted by atomic mass is 79.9. The van der Waals surface area contributed by atoms with Gasteiger partial charge >= 0.3 is 0 Å². The van der Waals surface area contributed by atoms with Crippen molar-refractivity contribution in [1.29, 1.82) is 0 Å². The molecule has 12 heavy (non-hydrogen) atoms. The molecule has 0 aromatic carbocycles. The first-order chi connectivity index (χ1) is 5.81. The molecule has 3 heterocycles. The first-order valence-electron chi connectivity index (χ1n) is 4.73. The van der Waals surface area contributed by atoms with Gasteiger partial charge in [-0.25, -0.2) is 0 Å². The Bertz CT molecular complexity index is 155. The Hall–Kier alpha value is 0.920. The molecule has 3 aliphatic heterocycles. The summed E-state index contributed by atoms with van der Waals surface area (Å²) in [6.07, 6.45) is 2.86. The minimum atomic E-state index is 0.686. The Labute approximate surface area is 91.1 Å². The van der Waals surface area contributed by atoms with Crippen LogP contribution in [-0.4, -0.2) is 34.7 Å². The van der Waals surface area contributed by atoms with E-state index in [1.165, 1.54) is 32.5 Å². The second kappa shape index (κ2) is 3.97. The van der Waals surface area contributed by atoms with Gasteiger partial charge in [-0.3, -0.25) is 0 Å². The predicted octanol–water partition coefficient (Wildman–Crippen LogP) is 2.49. The van der Waals surface area contributed by atoms with E-state index >= 15 is 0 Å². The average molecular weight is 297 g/mol. The van der Waals surface area contributed by atoms with Crippen LogP contribution in [0.15, 0.2) is 0 Å². The fraction of sp³-hybridized carbons (Fsp3) is 1.00. The number of nitrogens with zero attached hydrogens (tertiary/aromatic N) is 1. The monoisotopic (exact) mass is 295 g/mol. The van der Waals surface area contributed by atoms with Crippen molar-refractivity contribution in [1.82, 2.24) is 4.90 Å². The maximum atomic E-state index is 3.77. The SMILES string of the molecule is BrCC(Br)C1CN2CCC1CC2. The van der Waals surface area contributed by atoms with E-state index in [9.17, 15) is 0 Å². The number of alkyl halides is 2. The molecule has 0 saturated carbocycles. The third-order valence-electron chi connectivity index (χ3n) is 3.32. The number of hydrogen-bond donors (Lipinski definition) is 0. The minimum absolute atomic E-state index is 0.686. The maximum absolute atomic E-state index is 3.77. The van der Waals surface area contributed by atoms with Crippen LogP contribution in [0.5, 0.6) is 0 Å². The summed E-state index contributed by atoms with van der Waals surface area (Å²) in [6, 6.07) is 0. The lowest BCUT2D eigenvalue weighted by Gasteiger charge is -2.46. The van der Waals surface area contributed by atoms with Gasteiger partial charge in [-0.1, -0.05) is 31.9 Å². The molecule has 2 bridgehead atoms. The molecular formula is C9H15Br2N. The van der Waals surface area contributed by atoms with Gasteiger partial charge in [-0.05, 0) is 37.8 Å². The molecule has 3 aliphatic rings. The van der Waals surface area contributed by atoms with Crippen LogP contribution in [0.2, 0.25) is 0 Å². The largest absolute Gasteiger partial charge is 0.303 e. The number of hydrogen-bond acceptors (Lipinski definition) is 1. The Morgan fingerprint density at radius 2 is 2.00 bits per heavy atom. The maximum Gasteiger partial charge on any atom is 0.0285 e. The molecule has 3 rings (SSSR count). The summed E-state index contributed by atoms with van der Waals surface area (Å²) in [7, 11) is 0. The first kappa shape index (κ1) is 9.47. The second-order valence-electron chi connectivity index (χ2n) is 3.97. The van der Waals surface area contributed by atoms with Crippen LogP contribution >= 0.6 is 31.9 Å². The molecule has 1 nitrogen and oxygen atoms in total. The lowest BCUT2D eigenvalue weighted by molar-refractivity contribution is 0.0535. The molecule has 3 heteroatoms. The molecule has 2 unspecified atom stereocenters. The summed E-state index contributed by atoms with van der Waals surface area (Å²) in [5.74, 6) is 1.89. The molecule has 0 radical (unpaired) electrons. The molecule has 0 N–H and O–H groups in total. The van der Waals surface area contributed by atoms with Crippen molar-refractivity contribution >= 4 is 31.9 Å². The van der Waals surface area contributed by atoms with E-state index in [0.29, 0.717) is 4.83 Å². The third-order valence-corrected chi connectivity index (χ3v) is 5.89. The van der Waals surface area contributed by atoms with E-state index in [0.717, 1.165) is 17.2 Å². The van der Waals surface area contributed by atoms with Crippen molar-refractivity contribution in [3.63, 3.8) is 0 Å². The Morgan fingerprint density at radius 3 is 2.42 bits per heavy atom. The van der Waals surface area contributed by atoms with Crippen molar-refractivity contribution in [3.8, 4) is 0 Å². The Morgan fingerprint density at radius 1 is 1.33 bits per heavy atom. The van der Waals surface area contributed by atoms with Crippen LogP contribution in [0, 0.1) is 11.8 Å². The van der Waals surface area contributed by atoms with Crippen molar-refractivity contribution in [3.05, 3.63) is 0 Å². The van der Waals surface area contributed by atoms with Crippen LogP contribution in [-0.2, 0) is 0 Å².